The molecule has 0 aliphatic rings. The number of amides is 2. The summed E-state index contributed by atoms with van der Waals surface area (Å²) in [4.78, 5) is 26.8. The van der Waals surface area contributed by atoms with E-state index in [4.69, 9.17) is 0 Å². The smallest absolute Gasteiger partial charge is 0.240 e. The van der Waals surface area contributed by atoms with E-state index in [0.717, 1.165) is 22.6 Å². The number of hydrazone groups is 1. The molecule has 0 atom stereocenters. The molecular weight excluding hydrogens is 374 g/mol. The summed E-state index contributed by atoms with van der Waals surface area (Å²) in [6.07, 6.45) is 0.815. The molecule has 2 amide bonds. The van der Waals surface area contributed by atoms with Crippen molar-refractivity contribution in [3.05, 3.63) is 96.6 Å². The molecular formula is C25H25N3O2. The van der Waals surface area contributed by atoms with Gasteiger partial charge in [0.1, 0.15) is 0 Å². The van der Waals surface area contributed by atoms with Gasteiger partial charge >= 0.3 is 0 Å². The molecule has 3 aromatic rings. The average molecular weight is 399 g/mol. The van der Waals surface area contributed by atoms with Crippen LogP contribution < -0.4 is 10.3 Å². The van der Waals surface area contributed by atoms with E-state index >= 15 is 0 Å². The molecule has 5 heteroatoms. The fraction of sp³-hybridized carbons (Fsp3) is 0.160. The van der Waals surface area contributed by atoms with Crippen LogP contribution in [0.5, 0.6) is 0 Å². The van der Waals surface area contributed by atoms with Crippen molar-refractivity contribution >= 4 is 28.9 Å². The fourth-order valence-electron chi connectivity index (χ4n) is 3.07. The predicted octanol–water partition coefficient (Wildman–Crippen LogP) is 4.87. The Hall–Kier alpha value is -3.73. The molecule has 0 aliphatic carbocycles. The van der Waals surface area contributed by atoms with Gasteiger partial charge in [-0.3, -0.25) is 14.5 Å². The number of rotatable bonds is 8. The maximum atomic E-state index is 12.9. The molecule has 0 bridgehead atoms. The van der Waals surface area contributed by atoms with Gasteiger partial charge in [0.15, 0.2) is 0 Å². The lowest BCUT2D eigenvalue weighted by atomic mass is 10.1. The van der Waals surface area contributed by atoms with Gasteiger partial charge in [-0.15, -0.1) is 0 Å². The molecule has 0 saturated heterocycles. The van der Waals surface area contributed by atoms with E-state index in [1.165, 1.54) is 0 Å². The molecule has 5 nitrogen and oxygen atoms in total. The highest BCUT2D eigenvalue weighted by molar-refractivity contribution is 6.01. The molecule has 3 rings (SSSR count). The van der Waals surface area contributed by atoms with E-state index in [0.29, 0.717) is 6.42 Å². The molecule has 152 valence electrons. The molecule has 0 fully saturated rings. The number of carbonyl (C=O) groups excluding carboxylic acids is 2. The van der Waals surface area contributed by atoms with Crippen LogP contribution in [0.15, 0.2) is 96.1 Å². The van der Waals surface area contributed by atoms with Gasteiger partial charge in [0, 0.05) is 36.3 Å². The Balaban J connectivity index is 1.58. The Morgan fingerprint density at radius 3 is 1.80 bits per heavy atom. The number of nitrogens with zero attached hydrogens (tertiary/aromatic N) is 2. The van der Waals surface area contributed by atoms with E-state index in [1.54, 1.807) is 4.90 Å². The molecule has 0 heterocycles. The van der Waals surface area contributed by atoms with Crippen LogP contribution in [-0.4, -0.2) is 17.5 Å². The number of anilines is 2. The molecule has 0 saturated carbocycles. The molecule has 0 spiro atoms. The standard InChI is InChI=1S/C25H25N3O2/c1-20(19-21-11-5-2-6-12-21)26-27-24(29)17-18-25(30)28(22-13-7-3-8-14-22)23-15-9-4-10-16-23/h2-16H,17-19H2,1H3,(H,27,29)/b26-20-. The van der Waals surface area contributed by atoms with Crippen LogP contribution >= 0.6 is 0 Å². The first kappa shape index (κ1) is 21.0. The van der Waals surface area contributed by atoms with Crippen molar-refractivity contribution in [1.29, 1.82) is 0 Å². The average Bonchev–Trinajstić information content (AvgIpc) is 2.78. The molecule has 3 aromatic carbocycles. The van der Waals surface area contributed by atoms with Crippen LogP contribution in [0.2, 0.25) is 0 Å². The summed E-state index contributed by atoms with van der Waals surface area (Å²) in [5, 5.41) is 4.15. The molecule has 0 radical (unpaired) electrons. The van der Waals surface area contributed by atoms with Gasteiger partial charge in [-0.25, -0.2) is 5.43 Å². The number of benzene rings is 3. The zero-order chi connectivity index (χ0) is 21.2. The second-order valence-electron chi connectivity index (χ2n) is 6.94. The molecule has 0 unspecified atom stereocenters. The summed E-state index contributed by atoms with van der Waals surface area (Å²) in [7, 11) is 0. The second-order valence-corrected chi connectivity index (χ2v) is 6.94. The van der Waals surface area contributed by atoms with Crippen molar-refractivity contribution in [2.45, 2.75) is 26.2 Å². The van der Waals surface area contributed by atoms with Crippen LogP contribution in [0, 0.1) is 0 Å². The summed E-state index contributed by atoms with van der Waals surface area (Å²) in [5.41, 5.74) is 6.02. The van der Waals surface area contributed by atoms with Gasteiger partial charge in [-0.05, 0) is 36.8 Å². The predicted molar refractivity (Wildman–Crippen MR) is 121 cm³/mol. The summed E-state index contributed by atoms with van der Waals surface area (Å²) in [5.74, 6) is -0.427. The minimum atomic E-state index is -0.281. The number of hydrogen-bond acceptors (Lipinski definition) is 3. The number of para-hydroxylation sites is 2. The maximum Gasteiger partial charge on any atom is 0.240 e. The first-order valence-corrected chi connectivity index (χ1v) is 9.92. The minimum absolute atomic E-state index is 0.0666. The van der Waals surface area contributed by atoms with Gasteiger partial charge in [0.2, 0.25) is 11.8 Å². The Labute approximate surface area is 177 Å². The van der Waals surface area contributed by atoms with Crippen LogP contribution in [0.4, 0.5) is 11.4 Å². The van der Waals surface area contributed by atoms with Crippen molar-refractivity contribution in [3.8, 4) is 0 Å². The Bertz CT molecular complexity index is 947. The van der Waals surface area contributed by atoms with E-state index in [1.807, 2.05) is 97.9 Å². The van der Waals surface area contributed by atoms with Crippen molar-refractivity contribution < 1.29 is 9.59 Å². The van der Waals surface area contributed by atoms with Crippen LogP contribution in [0.3, 0.4) is 0 Å². The van der Waals surface area contributed by atoms with Gasteiger partial charge in [0.05, 0.1) is 0 Å². The van der Waals surface area contributed by atoms with Gasteiger partial charge < -0.3 is 0 Å². The summed E-state index contributed by atoms with van der Waals surface area (Å²) in [6, 6.07) is 28.8. The number of carbonyl (C=O) groups is 2. The third-order valence-electron chi connectivity index (χ3n) is 4.52. The van der Waals surface area contributed by atoms with Crippen molar-refractivity contribution in [3.63, 3.8) is 0 Å². The first-order chi connectivity index (χ1) is 14.6. The van der Waals surface area contributed by atoms with E-state index in [2.05, 4.69) is 10.5 Å². The Kier molecular flexibility index (Phi) is 7.50. The monoisotopic (exact) mass is 399 g/mol. The van der Waals surface area contributed by atoms with Crippen molar-refractivity contribution in [2.24, 2.45) is 5.10 Å². The lowest BCUT2D eigenvalue weighted by molar-refractivity contribution is -0.124. The Morgan fingerprint density at radius 2 is 1.27 bits per heavy atom. The molecule has 0 aromatic heterocycles. The lowest BCUT2D eigenvalue weighted by Crippen LogP contribution is -2.28. The molecule has 0 aliphatic heterocycles. The first-order valence-electron chi connectivity index (χ1n) is 9.92. The zero-order valence-corrected chi connectivity index (χ0v) is 17.0. The summed E-state index contributed by atoms with van der Waals surface area (Å²) < 4.78 is 0. The highest BCUT2D eigenvalue weighted by Gasteiger charge is 2.18. The van der Waals surface area contributed by atoms with Crippen LogP contribution in [0.1, 0.15) is 25.3 Å². The Morgan fingerprint density at radius 1 is 0.767 bits per heavy atom. The molecule has 30 heavy (non-hydrogen) atoms. The third-order valence-corrected chi connectivity index (χ3v) is 4.52. The van der Waals surface area contributed by atoms with Crippen molar-refractivity contribution in [1.82, 2.24) is 5.43 Å². The second kappa shape index (κ2) is 10.7. The maximum absolute atomic E-state index is 12.9. The fourth-order valence-corrected chi connectivity index (χ4v) is 3.07. The lowest BCUT2D eigenvalue weighted by Gasteiger charge is -2.23. The minimum Gasteiger partial charge on any atom is -0.281 e. The zero-order valence-electron chi connectivity index (χ0n) is 17.0. The van der Waals surface area contributed by atoms with Crippen LogP contribution in [0.25, 0.3) is 0 Å². The molecule has 1 N–H and O–H groups in total. The van der Waals surface area contributed by atoms with Gasteiger partial charge in [-0.2, -0.15) is 5.10 Å². The SMILES string of the molecule is C/C(Cc1ccccc1)=N/NC(=O)CCC(=O)N(c1ccccc1)c1ccccc1. The normalized spacial score (nSPS) is 11.0. The highest BCUT2D eigenvalue weighted by atomic mass is 16.2. The van der Waals surface area contributed by atoms with E-state index in [-0.39, 0.29) is 24.7 Å². The van der Waals surface area contributed by atoms with E-state index in [9.17, 15) is 9.59 Å². The summed E-state index contributed by atoms with van der Waals surface area (Å²) in [6.45, 7) is 1.87. The van der Waals surface area contributed by atoms with Crippen molar-refractivity contribution in [2.75, 3.05) is 4.90 Å². The third kappa shape index (κ3) is 6.14. The number of hydrogen-bond donors (Lipinski definition) is 1. The van der Waals surface area contributed by atoms with Crippen LogP contribution in [-0.2, 0) is 16.0 Å². The summed E-state index contributed by atoms with van der Waals surface area (Å²) >= 11 is 0. The topological polar surface area (TPSA) is 61.8 Å². The number of nitrogens with one attached hydrogen (secondary N) is 1. The van der Waals surface area contributed by atoms with Gasteiger partial charge in [-0.1, -0.05) is 66.7 Å². The van der Waals surface area contributed by atoms with E-state index < -0.39 is 0 Å². The quantitative estimate of drug-likeness (QED) is 0.434. The van der Waals surface area contributed by atoms with Gasteiger partial charge in [0.25, 0.3) is 0 Å². The largest absolute Gasteiger partial charge is 0.281 e. The highest BCUT2D eigenvalue weighted by Crippen LogP contribution is 2.26.